The van der Waals surface area contributed by atoms with Gasteiger partial charge in [-0.2, -0.15) is 4.89 Å². The monoisotopic (exact) mass is 339 g/mol. The summed E-state index contributed by atoms with van der Waals surface area (Å²) in [6.07, 6.45) is 1.65. The normalized spacial score (nSPS) is 10.8. The average Bonchev–Trinajstić information content (AvgIpc) is 2.99. The summed E-state index contributed by atoms with van der Waals surface area (Å²) in [6, 6.07) is 11.4. The molecule has 7 nitrogen and oxygen atoms in total. The number of hydrogen-bond donors (Lipinski definition) is 2. The molecule has 0 aliphatic heterocycles. The van der Waals surface area contributed by atoms with Gasteiger partial charge in [0.2, 0.25) is 5.91 Å². The Hall–Kier alpha value is -3.32. The predicted octanol–water partition coefficient (Wildman–Crippen LogP) is 2.66. The fraction of sp³-hybridized carbons (Fsp3) is 0.111. The van der Waals surface area contributed by atoms with Crippen molar-refractivity contribution in [2.75, 3.05) is 6.61 Å². The predicted molar refractivity (Wildman–Crippen MR) is 93.1 cm³/mol. The van der Waals surface area contributed by atoms with E-state index in [9.17, 15) is 9.59 Å². The zero-order chi connectivity index (χ0) is 18.0. The average molecular weight is 339 g/mol. The highest BCUT2D eigenvalue weighted by Crippen LogP contribution is 2.33. The number of fused-ring (bicyclic) bond motifs is 1. The molecule has 0 saturated carbocycles. The molecule has 3 rings (SSSR count). The fourth-order valence-electron chi connectivity index (χ4n) is 2.61. The number of amides is 2. The minimum atomic E-state index is -0.594. The van der Waals surface area contributed by atoms with Crippen LogP contribution in [0.5, 0.6) is 5.75 Å². The van der Waals surface area contributed by atoms with Gasteiger partial charge >= 0.3 is 6.03 Å². The molecule has 0 atom stereocenters. The summed E-state index contributed by atoms with van der Waals surface area (Å²) < 4.78 is 1.36. The molecular formula is C18H17N3O4. The van der Waals surface area contributed by atoms with E-state index in [1.807, 2.05) is 6.92 Å². The van der Waals surface area contributed by atoms with Gasteiger partial charge in [-0.1, -0.05) is 12.1 Å². The number of nitrogens with two attached hydrogens (primary N) is 2. The number of benzene rings is 2. The molecular weight excluding hydrogens is 322 g/mol. The molecule has 0 spiro atoms. The number of carbonyl (C=O) groups is 2. The Morgan fingerprint density at radius 2 is 1.80 bits per heavy atom. The highest BCUT2D eigenvalue weighted by molar-refractivity contribution is 6.02. The molecule has 0 unspecified atom stereocenters. The van der Waals surface area contributed by atoms with Crippen LogP contribution in [0.15, 0.2) is 48.7 Å². The molecule has 128 valence electrons. The van der Waals surface area contributed by atoms with Crippen LogP contribution in [-0.4, -0.2) is 23.1 Å². The second kappa shape index (κ2) is 6.66. The van der Waals surface area contributed by atoms with Crippen molar-refractivity contribution in [3.63, 3.8) is 0 Å². The molecule has 0 saturated heterocycles. The number of aromatic nitrogens is 1. The first kappa shape index (κ1) is 16.5. The van der Waals surface area contributed by atoms with Gasteiger partial charge in [-0.25, -0.2) is 4.79 Å². The molecule has 1 aromatic heterocycles. The second-order valence-electron chi connectivity index (χ2n) is 5.36. The van der Waals surface area contributed by atoms with E-state index in [0.717, 1.165) is 16.5 Å². The van der Waals surface area contributed by atoms with E-state index < -0.39 is 11.9 Å². The quantitative estimate of drug-likeness (QED) is 0.550. The summed E-state index contributed by atoms with van der Waals surface area (Å²) in [5, 5.41) is 0.767. The van der Waals surface area contributed by atoms with Gasteiger partial charge < -0.3 is 16.4 Å². The van der Waals surface area contributed by atoms with Crippen molar-refractivity contribution in [2.24, 2.45) is 11.5 Å². The molecule has 0 bridgehead atoms. The van der Waals surface area contributed by atoms with Crippen molar-refractivity contribution in [3.05, 3.63) is 54.2 Å². The van der Waals surface area contributed by atoms with Crippen LogP contribution in [0, 0.1) is 0 Å². The molecule has 2 aromatic carbocycles. The minimum absolute atomic E-state index is 0.405. The van der Waals surface area contributed by atoms with Crippen molar-refractivity contribution in [1.82, 2.24) is 4.57 Å². The van der Waals surface area contributed by atoms with E-state index in [2.05, 4.69) is 0 Å². The zero-order valence-electron chi connectivity index (χ0n) is 13.6. The van der Waals surface area contributed by atoms with E-state index >= 15 is 0 Å². The highest BCUT2D eigenvalue weighted by Gasteiger charge is 2.15. The Labute approximate surface area is 143 Å². The molecule has 25 heavy (non-hydrogen) atoms. The first-order valence-corrected chi connectivity index (χ1v) is 7.66. The van der Waals surface area contributed by atoms with Gasteiger partial charge in [0.1, 0.15) is 0 Å². The van der Waals surface area contributed by atoms with Crippen molar-refractivity contribution in [3.8, 4) is 16.9 Å². The number of rotatable bonds is 5. The van der Waals surface area contributed by atoms with Crippen LogP contribution in [0.1, 0.15) is 17.3 Å². The molecule has 2 amide bonds. The number of nitrogens with zero attached hydrogens (tertiary/aromatic N) is 1. The summed E-state index contributed by atoms with van der Waals surface area (Å²) >= 11 is 0. The van der Waals surface area contributed by atoms with Crippen molar-refractivity contribution in [2.45, 2.75) is 6.92 Å². The third kappa shape index (κ3) is 3.17. The minimum Gasteiger partial charge on any atom is -0.366 e. The van der Waals surface area contributed by atoms with E-state index in [0.29, 0.717) is 23.4 Å². The Balaban J connectivity index is 2.14. The first-order valence-electron chi connectivity index (χ1n) is 7.66. The lowest BCUT2D eigenvalue weighted by Crippen LogP contribution is -2.18. The maximum atomic E-state index is 11.7. The second-order valence-corrected chi connectivity index (χ2v) is 5.36. The van der Waals surface area contributed by atoms with Crippen LogP contribution in [0.3, 0.4) is 0 Å². The maximum absolute atomic E-state index is 11.7. The SMILES string of the molecule is CCOOc1ccc2c(c1)c(-c1ccc(C(N)=O)cc1)cn2C(N)=O. The van der Waals surface area contributed by atoms with Gasteiger partial charge in [-0.3, -0.25) is 9.36 Å². The van der Waals surface area contributed by atoms with Crippen LogP contribution >= 0.6 is 0 Å². The van der Waals surface area contributed by atoms with Gasteiger partial charge in [-0.05, 0) is 42.8 Å². The van der Waals surface area contributed by atoms with E-state index in [1.54, 1.807) is 48.7 Å². The van der Waals surface area contributed by atoms with Crippen LogP contribution < -0.4 is 16.4 Å². The molecule has 0 fully saturated rings. The fourth-order valence-corrected chi connectivity index (χ4v) is 2.61. The van der Waals surface area contributed by atoms with Crippen LogP contribution in [0.4, 0.5) is 4.79 Å². The van der Waals surface area contributed by atoms with E-state index in [1.165, 1.54) is 4.57 Å². The highest BCUT2D eigenvalue weighted by atomic mass is 17.2. The molecule has 1 heterocycles. The summed E-state index contributed by atoms with van der Waals surface area (Å²) in [7, 11) is 0. The summed E-state index contributed by atoms with van der Waals surface area (Å²) in [5.41, 5.74) is 13.4. The lowest BCUT2D eigenvalue weighted by Gasteiger charge is -2.05. The molecule has 0 aliphatic rings. The van der Waals surface area contributed by atoms with E-state index in [-0.39, 0.29) is 0 Å². The van der Waals surface area contributed by atoms with Crippen LogP contribution in [-0.2, 0) is 4.89 Å². The lowest BCUT2D eigenvalue weighted by atomic mass is 10.0. The molecule has 7 heteroatoms. The van der Waals surface area contributed by atoms with Crippen molar-refractivity contribution >= 4 is 22.8 Å². The Kier molecular flexibility index (Phi) is 4.40. The summed E-state index contributed by atoms with van der Waals surface area (Å²) in [4.78, 5) is 33.1. The van der Waals surface area contributed by atoms with Crippen LogP contribution in [0.25, 0.3) is 22.0 Å². The maximum Gasteiger partial charge on any atom is 0.323 e. The molecule has 0 aliphatic carbocycles. The third-order valence-corrected chi connectivity index (χ3v) is 3.77. The summed E-state index contributed by atoms with van der Waals surface area (Å²) in [5.74, 6) is 0.00471. The Bertz CT molecular complexity index is 945. The van der Waals surface area contributed by atoms with E-state index in [4.69, 9.17) is 21.2 Å². The number of hydrogen-bond acceptors (Lipinski definition) is 4. The first-order chi connectivity index (χ1) is 12.0. The van der Waals surface area contributed by atoms with Gasteiger partial charge in [0.15, 0.2) is 5.75 Å². The lowest BCUT2D eigenvalue weighted by molar-refractivity contribution is -0.202. The smallest absolute Gasteiger partial charge is 0.323 e. The Morgan fingerprint density at radius 1 is 1.08 bits per heavy atom. The number of primary amides is 2. The number of carbonyl (C=O) groups excluding carboxylic acids is 2. The summed E-state index contributed by atoms with van der Waals surface area (Å²) in [6.45, 7) is 2.22. The van der Waals surface area contributed by atoms with Gasteiger partial charge in [0, 0.05) is 22.7 Å². The van der Waals surface area contributed by atoms with Gasteiger partial charge in [0.05, 0.1) is 12.1 Å². The van der Waals surface area contributed by atoms with Crippen molar-refractivity contribution in [1.29, 1.82) is 0 Å². The largest absolute Gasteiger partial charge is 0.366 e. The molecule has 4 N–H and O–H groups in total. The Morgan fingerprint density at radius 3 is 2.40 bits per heavy atom. The topological polar surface area (TPSA) is 110 Å². The molecule has 3 aromatic rings. The van der Waals surface area contributed by atoms with Crippen molar-refractivity contribution < 1.29 is 19.4 Å². The molecule has 0 radical (unpaired) electrons. The van der Waals surface area contributed by atoms with Gasteiger partial charge in [-0.15, -0.1) is 0 Å². The van der Waals surface area contributed by atoms with Crippen LogP contribution in [0.2, 0.25) is 0 Å². The third-order valence-electron chi connectivity index (χ3n) is 3.77. The standard InChI is InChI=1S/C18H17N3O4/c1-2-24-25-13-7-8-16-14(9-13)15(10-21(16)18(20)23)11-3-5-12(6-4-11)17(19)22/h3-10H,2H2,1H3,(H2,19,22)(H2,20,23). The van der Waals surface area contributed by atoms with Gasteiger partial charge in [0.25, 0.3) is 0 Å². The zero-order valence-corrected chi connectivity index (χ0v) is 13.6.